The second-order valence-electron chi connectivity index (χ2n) is 6.03. The minimum atomic E-state index is -3.93. The summed E-state index contributed by atoms with van der Waals surface area (Å²) in [6.45, 7) is 1.38. The molecular formula is C18H15BrClFN4O3S. The number of sulfonamides is 1. The number of anilines is 2. The summed E-state index contributed by atoms with van der Waals surface area (Å²) in [5.74, 6) is -0.697. The lowest BCUT2D eigenvalue weighted by Crippen LogP contribution is -2.14. The van der Waals surface area contributed by atoms with Gasteiger partial charge in [0, 0.05) is 29.4 Å². The third-order valence-corrected chi connectivity index (χ3v) is 6.10. The predicted molar refractivity (Wildman–Crippen MR) is 112 cm³/mol. The highest BCUT2D eigenvalue weighted by Crippen LogP contribution is 2.26. The monoisotopic (exact) mass is 500 g/mol. The first-order valence-electron chi connectivity index (χ1n) is 8.22. The van der Waals surface area contributed by atoms with E-state index in [1.54, 1.807) is 6.07 Å². The molecule has 1 amide bonds. The Hall–Kier alpha value is -2.43. The average Bonchev–Trinajstić information content (AvgIpc) is 2.97. The number of nitrogens with zero attached hydrogens (tertiary/aromatic N) is 2. The molecule has 0 bridgehead atoms. The molecule has 0 radical (unpaired) electrons. The fraction of sp³-hybridized carbons (Fsp3) is 0.111. The van der Waals surface area contributed by atoms with Gasteiger partial charge in [-0.25, -0.2) is 12.8 Å². The smallest absolute Gasteiger partial charge is 0.263 e. The van der Waals surface area contributed by atoms with Gasteiger partial charge in [0.1, 0.15) is 5.82 Å². The van der Waals surface area contributed by atoms with Crippen molar-refractivity contribution in [1.82, 2.24) is 9.78 Å². The zero-order valence-electron chi connectivity index (χ0n) is 15.0. The van der Waals surface area contributed by atoms with Crippen LogP contribution in [0.25, 0.3) is 0 Å². The van der Waals surface area contributed by atoms with E-state index >= 15 is 0 Å². The van der Waals surface area contributed by atoms with Gasteiger partial charge in [-0.2, -0.15) is 5.10 Å². The van der Waals surface area contributed by atoms with Crippen molar-refractivity contribution < 1.29 is 17.6 Å². The first-order valence-corrected chi connectivity index (χ1v) is 10.9. The molecule has 152 valence electrons. The van der Waals surface area contributed by atoms with Gasteiger partial charge in [0.05, 0.1) is 15.9 Å². The molecule has 0 saturated carbocycles. The summed E-state index contributed by atoms with van der Waals surface area (Å²) in [4.78, 5) is 11.1. The van der Waals surface area contributed by atoms with Gasteiger partial charge in [0.2, 0.25) is 5.91 Å². The van der Waals surface area contributed by atoms with Crippen LogP contribution in [0, 0.1) is 5.82 Å². The molecule has 3 aromatic rings. The van der Waals surface area contributed by atoms with Crippen molar-refractivity contribution in [2.45, 2.75) is 18.4 Å². The molecule has 0 atom stereocenters. The van der Waals surface area contributed by atoms with Gasteiger partial charge >= 0.3 is 0 Å². The number of carbonyl (C=O) groups excluding carboxylic acids is 1. The Morgan fingerprint density at radius 3 is 2.55 bits per heavy atom. The Labute approximate surface area is 180 Å². The SMILES string of the molecule is CC(=O)Nc1ccc(S(=O)(=O)Nc2nn(Cc3c(F)cccc3Cl)cc2Br)cc1. The number of halogens is 3. The normalized spacial score (nSPS) is 11.3. The fourth-order valence-corrected chi connectivity index (χ4v) is 4.29. The highest BCUT2D eigenvalue weighted by molar-refractivity contribution is 9.10. The van der Waals surface area contributed by atoms with E-state index in [0.29, 0.717) is 10.2 Å². The molecule has 0 aliphatic carbocycles. The summed E-state index contributed by atoms with van der Waals surface area (Å²) in [5.41, 5.74) is 0.718. The zero-order chi connectivity index (χ0) is 21.2. The van der Waals surface area contributed by atoms with E-state index in [2.05, 4.69) is 31.1 Å². The number of aromatic nitrogens is 2. The van der Waals surface area contributed by atoms with E-state index in [9.17, 15) is 17.6 Å². The van der Waals surface area contributed by atoms with Gasteiger partial charge in [-0.05, 0) is 52.3 Å². The molecule has 0 unspecified atom stereocenters. The predicted octanol–water partition coefficient (Wildman–Crippen LogP) is 4.25. The van der Waals surface area contributed by atoms with E-state index in [0.717, 1.165) is 0 Å². The van der Waals surface area contributed by atoms with Crippen LogP contribution in [0.15, 0.2) is 58.0 Å². The van der Waals surface area contributed by atoms with Crippen LogP contribution in [-0.4, -0.2) is 24.1 Å². The van der Waals surface area contributed by atoms with Crippen LogP contribution in [0.4, 0.5) is 15.9 Å². The second-order valence-corrected chi connectivity index (χ2v) is 8.98. The topological polar surface area (TPSA) is 93.1 Å². The lowest BCUT2D eigenvalue weighted by atomic mass is 10.2. The molecule has 2 N–H and O–H groups in total. The molecule has 29 heavy (non-hydrogen) atoms. The number of carbonyl (C=O) groups is 1. The number of amides is 1. The quantitative estimate of drug-likeness (QED) is 0.528. The van der Waals surface area contributed by atoms with Crippen molar-refractivity contribution in [3.8, 4) is 0 Å². The highest BCUT2D eigenvalue weighted by Gasteiger charge is 2.19. The minimum Gasteiger partial charge on any atom is -0.326 e. The third kappa shape index (κ3) is 5.14. The van der Waals surface area contributed by atoms with Crippen LogP contribution in [0.1, 0.15) is 12.5 Å². The molecule has 1 aromatic heterocycles. The van der Waals surface area contributed by atoms with Crippen molar-refractivity contribution in [2.75, 3.05) is 10.0 Å². The standard InChI is InChI=1S/C18H15BrClFN4O3S/c1-11(26)22-12-5-7-13(8-6-12)29(27,28)24-18-15(19)10-25(23-18)9-14-16(20)3-2-4-17(14)21/h2-8,10H,9H2,1H3,(H,22,26)(H,23,24). The third-order valence-electron chi connectivity index (χ3n) is 3.81. The average molecular weight is 502 g/mol. The number of benzene rings is 2. The molecule has 1 heterocycles. The van der Waals surface area contributed by atoms with E-state index in [1.807, 2.05) is 0 Å². The molecule has 0 saturated heterocycles. The summed E-state index contributed by atoms with van der Waals surface area (Å²) in [5, 5.41) is 6.96. The molecular weight excluding hydrogens is 487 g/mol. The molecule has 0 spiro atoms. The maximum absolute atomic E-state index is 14.0. The van der Waals surface area contributed by atoms with Gasteiger partial charge in [0.25, 0.3) is 10.0 Å². The van der Waals surface area contributed by atoms with Crippen LogP contribution < -0.4 is 10.0 Å². The Balaban J connectivity index is 1.80. The first kappa shape index (κ1) is 21.3. The molecule has 3 rings (SSSR count). The number of hydrogen-bond acceptors (Lipinski definition) is 4. The van der Waals surface area contributed by atoms with E-state index in [4.69, 9.17) is 11.6 Å². The molecule has 2 aromatic carbocycles. The van der Waals surface area contributed by atoms with E-state index in [-0.39, 0.29) is 33.8 Å². The summed E-state index contributed by atoms with van der Waals surface area (Å²) >= 11 is 9.27. The van der Waals surface area contributed by atoms with Gasteiger partial charge < -0.3 is 5.32 Å². The summed E-state index contributed by atoms with van der Waals surface area (Å²) < 4.78 is 43.3. The molecule has 0 aliphatic rings. The Kier molecular flexibility index (Phi) is 6.25. The summed E-state index contributed by atoms with van der Waals surface area (Å²) in [7, 11) is -3.93. The first-order chi connectivity index (χ1) is 13.7. The number of rotatable bonds is 6. The highest BCUT2D eigenvalue weighted by atomic mass is 79.9. The van der Waals surface area contributed by atoms with Crippen molar-refractivity contribution in [1.29, 1.82) is 0 Å². The van der Waals surface area contributed by atoms with Crippen LogP contribution in [-0.2, 0) is 21.4 Å². The Bertz CT molecular complexity index is 1150. The van der Waals surface area contributed by atoms with Crippen LogP contribution in [0.3, 0.4) is 0 Å². The van der Waals surface area contributed by atoms with Gasteiger partial charge in [-0.15, -0.1) is 0 Å². The molecule has 0 aliphatic heterocycles. The lowest BCUT2D eigenvalue weighted by molar-refractivity contribution is -0.114. The zero-order valence-corrected chi connectivity index (χ0v) is 18.1. The lowest BCUT2D eigenvalue weighted by Gasteiger charge is -2.08. The largest absolute Gasteiger partial charge is 0.326 e. The number of hydrogen-bond donors (Lipinski definition) is 2. The second kappa shape index (κ2) is 8.52. The maximum atomic E-state index is 14.0. The van der Waals surface area contributed by atoms with Crippen LogP contribution >= 0.6 is 27.5 Å². The molecule has 0 fully saturated rings. The minimum absolute atomic E-state index is 0.00907. The van der Waals surface area contributed by atoms with Gasteiger partial charge in [0.15, 0.2) is 5.82 Å². The van der Waals surface area contributed by atoms with Gasteiger partial charge in [-0.3, -0.25) is 14.2 Å². The van der Waals surface area contributed by atoms with Crippen molar-refractivity contribution in [3.63, 3.8) is 0 Å². The molecule has 7 nitrogen and oxygen atoms in total. The Morgan fingerprint density at radius 2 is 1.93 bits per heavy atom. The van der Waals surface area contributed by atoms with Crippen molar-refractivity contribution in [3.05, 3.63) is 69.5 Å². The van der Waals surface area contributed by atoms with E-state index < -0.39 is 15.8 Å². The van der Waals surface area contributed by atoms with Gasteiger partial charge in [-0.1, -0.05) is 17.7 Å². The van der Waals surface area contributed by atoms with E-state index in [1.165, 1.54) is 54.2 Å². The van der Waals surface area contributed by atoms with Crippen molar-refractivity contribution in [2.24, 2.45) is 0 Å². The Morgan fingerprint density at radius 1 is 1.24 bits per heavy atom. The van der Waals surface area contributed by atoms with Crippen LogP contribution in [0.5, 0.6) is 0 Å². The fourth-order valence-electron chi connectivity index (χ4n) is 2.50. The van der Waals surface area contributed by atoms with Crippen LogP contribution in [0.2, 0.25) is 5.02 Å². The number of nitrogens with one attached hydrogen (secondary N) is 2. The maximum Gasteiger partial charge on any atom is 0.263 e. The molecule has 11 heteroatoms. The van der Waals surface area contributed by atoms with Crippen molar-refractivity contribution >= 4 is 55.0 Å². The summed E-state index contributed by atoms with van der Waals surface area (Å²) in [6.07, 6.45) is 1.51. The summed E-state index contributed by atoms with van der Waals surface area (Å²) in [6, 6.07) is 10.0.